The summed E-state index contributed by atoms with van der Waals surface area (Å²) in [5.41, 5.74) is 0. The van der Waals surface area contributed by atoms with Crippen LogP contribution in [0.5, 0.6) is 0 Å². The monoisotopic (exact) mass is 1130 g/mol. The standard InChI is InChI=1S/C77H114O6/c1-4-7-10-13-16-19-22-25-28-30-32-34-35-36-37-38-39-40-41-43-44-46-49-52-55-58-61-64-67-70-76(79)82-73-74(72-81-75(78)69-66-63-60-57-54-51-48-27-24-21-18-15-12-9-6-3)83-77(80)71-68-65-62-59-56-53-50-47-45-42-33-31-29-26-23-20-17-14-11-8-5-2/h7-12,16-21,25-29,32-34,36-37,39-40,42-44,47-50,52,54,57-58,61,74H,4-6,13-15,22-24,30-31,35,38,41,45-46,51,53,55-56,59-60,62-73H2,1-3H3/b10-7-,11-8-,12-9-,19-16-,20-17-,21-18-,28-25-,29-26-,34-32-,37-36-,40-39-,42-33-,44-43-,48-27-,50-47-,52-49-,57-54-,61-58-. The first kappa shape index (κ1) is 76.7. The lowest BCUT2D eigenvalue weighted by atomic mass is 10.1. The van der Waals surface area contributed by atoms with E-state index in [-0.39, 0.29) is 50.4 Å². The Hall–Kier alpha value is -6.27. The highest BCUT2D eigenvalue weighted by atomic mass is 16.6. The molecular formula is C77H114O6. The maximum absolute atomic E-state index is 12.9. The van der Waals surface area contributed by atoms with Crippen LogP contribution in [-0.2, 0) is 28.6 Å². The molecular weight excluding hydrogens is 1020 g/mol. The van der Waals surface area contributed by atoms with Crippen molar-refractivity contribution in [2.45, 2.75) is 232 Å². The molecule has 0 bridgehead atoms. The highest BCUT2D eigenvalue weighted by molar-refractivity contribution is 5.71. The molecule has 0 aliphatic rings. The SMILES string of the molecule is CC/C=C\C/C=C\C/C=C\C/C=C\C/C=C\C/C=C\C/C=C\C/C=C\C/C=C\CCCC(=O)OCC(COC(=O)CCCC/C=C\C/C=C\C/C=C\C/C=C\CC)OC(=O)CCCCCCC/C=C\C/C=C\C/C=C\C/C=C\C/C=C\CC. The molecule has 0 saturated carbocycles. The largest absolute Gasteiger partial charge is 0.462 e. The number of rotatable bonds is 55. The third-order valence-corrected chi connectivity index (χ3v) is 12.5. The molecule has 0 aromatic heterocycles. The zero-order valence-electron chi connectivity index (χ0n) is 52.4. The van der Waals surface area contributed by atoms with Crippen molar-refractivity contribution >= 4 is 17.9 Å². The molecule has 0 saturated heterocycles. The van der Waals surface area contributed by atoms with Crippen LogP contribution in [0, 0.1) is 0 Å². The molecule has 0 radical (unpaired) electrons. The van der Waals surface area contributed by atoms with Gasteiger partial charge in [-0.25, -0.2) is 0 Å². The maximum Gasteiger partial charge on any atom is 0.306 e. The Balaban J connectivity index is 4.59. The van der Waals surface area contributed by atoms with Crippen molar-refractivity contribution in [3.05, 3.63) is 219 Å². The zero-order chi connectivity index (χ0) is 59.9. The van der Waals surface area contributed by atoms with Gasteiger partial charge < -0.3 is 14.2 Å². The van der Waals surface area contributed by atoms with E-state index in [0.717, 1.165) is 173 Å². The molecule has 83 heavy (non-hydrogen) atoms. The van der Waals surface area contributed by atoms with Crippen LogP contribution >= 0.6 is 0 Å². The van der Waals surface area contributed by atoms with Crippen LogP contribution in [0.1, 0.15) is 226 Å². The molecule has 0 aromatic carbocycles. The van der Waals surface area contributed by atoms with Crippen molar-refractivity contribution < 1.29 is 28.6 Å². The Kier molecular flexibility index (Phi) is 63.1. The minimum Gasteiger partial charge on any atom is -0.462 e. The number of carbonyl (C=O) groups excluding carboxylic acids is 3. The number of ether oxygens (including phenoxy) is 3. The minimum atomic E-state index is -0.846. The maximum atomic E-state index is 12.9. The van der Waals surface area contributed by atoms with Gasteiger partial charge in [0.25, 0.3) is 0 Å². The van der Waals surface area contributed by atoms with Gasteiger partial charge in [0.15, 0.2) is 6.10 Å². The molecule has 0 aliphatic heterocycles. The fourth-order valence-electron chi connectivity index (χ4n) is 7.75. The van der Waals surface area contributed by atoms with Crippen molar-refractivity contribution in [2.75, 3.05) is 13.2 Å². The number of carbonyl (C=O) groups is 3. The summed E-state index contributed by atoms with van der Waals surface area (Å²) in [7, 11) is 0. The Morgan fingerprint density at radius 3 is 0.747 bits per heavy atom. The van der Waals surface area contributed by atoms with Crippen molar-refractivity contribution in [1.29, 1.82) is 0 Å². The number of hydrogen-bond acceptors (Lipinski definition) is 6. The molecule has 6 heteroatoms. The minimum absolute atomic E-state index is 0.139. The molecule has 0 fully saturated rings. The van der Waals surface area contributed by atoms with E-state index in [9.17, 15) is 14.4 Å². The van der Waals surface area contributed by atoms with E-state index in [4.69, 9.17) is 14.2 Å². The van der Waals surface area contributed by atoms with E-state index in [1.54, 1.807) is 0 Å². The lowest BCUT2D eigenvalue weighted by Crippen LogP contribution is -2.30. The van der Waals surface area contributed by atoms with Gasteiger partial charge in [-0.05, 0) is 167 Å². The molecule has 0 aromatic rings. The summed E-state index contributed by atoms with van der Waals surface area (Å²) in [6.07, 6.45) is 107. The van der Waals surface area contributed by atoms with Gasteiger partial charge in [-0.2, -0.15) is 0 Å². The second kappa shape index (κ2) is 68.2. The second-order valence-electron chi connectivity index (χ2n) is 20.2. The molecule has 0 spiro atoms. The lowest BCUT2D eigenvalue weighted by Gasteiger charge is -2.18. The second-order valence-corrected chi connectivity index (χ2v) is 20.2. The van der Waals surface area contributed by atoms with Crippen molar-refractivity contribution in [3.8, 4) is 0 Å². The summed E-state index contributed by atoms with van der Waals surface area (Å²) in [4.78, 5) is 38.3. The quantitative estimate of drug-likeness (QED) is 0.0261. The first-order chi connectivity index (χ1) is 41.0. The molecule has 0 N–H and O–H groups in total. The van der Waals surface area contributed by atoms with E-state index in [2.05, 4.69) is 240 Å². The van der Waals surface area contributed by atoms with Gasteiger partial charge in [0, 0.05) is 19.3 Å². The summed E-state index contributed by atoms with van der Waals surface area (Å²) in [6.45, 7) is 6.17. The van der Waals surface area contributed by atoms with Gasteiger partial charge in [0.2, 0.25) is 0 Å². The van der Waals surface area contributed by atoms with Crippen LogP contribution in [0.2, 0.25) is 0 Å². The number of hydrogen-bond donors (Lipinski definition) is 0. The molecule has 0 amide bonds. The molecule has 1 atom stereocenters. The van der Waals surface area contributed by atoms with Crippen LogP contribution < -0.4 is 0 Å². The van der Waals surface area contributed by atoms with Gasteiger partial charge in [0.05, 0.1) is 0 Å². The van der Waals surface area contributed by atoms with Crippen molar-refractivity contribution in [3.63, 3.8) is 0 Å². The Bertz CT molecular complexity index is 2080. The van der Waals surface area contributed by atoms with Crippen LogP contribution in [0.4, 0.5) is 0 Å². The van der Waals surface area contributed by atoms with E-state index < -0.39 is 6.10 Å². The molecule has 1 unspecified atom stereocenters. The Morgan fingerprint density at radius 2 is 0.446 bits per heavy atom. The molecule has 0 aliphatic carbocycles. The molecule has 458 valence electrons. The summed E-state index contributed by atoms with van der Waals surface area (Å²) in [5.74, 6) is -1.07. The van der Waals surface area contributed by atoms with Gasteiger partial charge in [-0.3, -0.25) is 14.4 Å². The van der Waals surface area contributed by atoms with E-state index in [1.165, 1.54) is 0 Å². The predicted octanol–water partition coefficient (Wildman–Crippen LogP) is 22.5. The van der Waals surface area contributed by atoms with Crippen LogP contribution in [0.15, 0.2) is 219 Å². The first-order valence-electron chi connectivity index (χ1n) is 32.2. The highest BCUT2D eigenvalue weighted by Gasteiger charge is 2.19. The van der Waals surface area contributed by atoms with Gasteiger partial charge >= 0.3 is 17.9 Å². The zero-order valence-corrected chi connectivity index (χ0v) is 52.4. The topological polar surface area (TPSA) is 78.9 Å². The van der Waals surface area contributed by atoms with E-state index >= 15 is 0 Å². The summed E-state index contributed by atoms with van der Waals surface area (Å²) in [6, 6.07) is 0. The van der Waals surface area contributed by atoms with Crippen LogP contribution in [-0.4, -0.2) is 37.2 Å². The third kappa shape index (κ3) is 66.4. The van der Waals surface area contributed by atoms with Crippen molar-refractivity contribution in [1.82, 2.24) is 0 Å². The fraction of sp³-hybridized carbons (Fsp3) is 0.494. The van der Waals surface area contributed by atoms with Gasteiger partial charge in [-0.1, -0.05) is 259 Å². The van der Waals surface area contributed by atoms with Crippen LogP contribution in [0.25, 0.3) is 0 Å². The van der Waals surface area contributed by atoms with E-state index in [0.29, 0.717) is 12.8 Å². The highest BCUT2D eigenvalue weighted by Crippen LogP contribution is 2.12. The fourth-order valence-corrected chi connectivity index (χ4v) is 7.75. The average Bonchev–Trinajstić information content (AvgIpc) is 3.49. The first-order valence-corrected chi connectivity index (χ1v) is 32.2. The van der Waals surface area contributed by atoms with Crippen molar-refractivity contribution in [2.24, 2.45) is 0 Å². The van der Waals surface area contributed by atoms with Gasteiger partial charge in [-0.15, -0.1) is 0 Å². The molecule has 6 nitrogen and oxygen atoms in total. The van der Waals surface area contributed by atoms with Crippen LogP contribution in [0.3, 0.4) is 0 Å². The van der Waals surface area contributed by atoms with E-state index in [1.807, 2.05) is 0 Å². The average molecular weight is 1140 g/mol. The normalized spacial score (nSPS) is 13.6. The Labute approximate surface area is 508 Å². The Morgan fingerprint density at radius 1 is 0.241 bits per heavy atom. The number of unbranched alkanes of at least 4 members (excludes halogenated alkanes) is 8. The summed E-state index contributed by atoms with van der Waals surface area (Å²) in [5, 5.41) is 0. The smallest absolute Gasteiger partial charge is 0.306 e. The number of allylic oxidation sites excluding steroid dienone is 36. The summed E-state index contributed by atoms with van der Waals surface area (Å²) < 4.78 is 16.8. The molecule has 0 heterocycles. The predicted molar refractivity (Wildman–Crippen MR) is 361 cm³/mol. The number of esters is 3. The van der Waals surface area contributed by atoms with Gasteiger partial charge in [0.1, 0.15) is 13.2 Å². The lowest BCUT2D eigenvalue weighted by molar-refractivity contribution is -0.167. The molecule has 0 rings (SSSR count). The summed E-state index contributed by atoms with van der Waals surface area (Å²) >= 11 is 0. The third-order valence-electron chi connectivity index (χ3n) is 12.5.